The molecule has 0 amide bonds. The summed E-state index contributed by atoms with van der Waals surface area (Å²) in [6.07, 6.45) is 5.72. The van der Waals surface area contributed by atoms with Gasteiger partial charge in [-0.15, -0.1) is 0 Å². The van der Waals surface area contributed by atoms with Crippen LogP contribution in [-0.4, -0.2) is 27.6 Å². The summed E-state index contributed by atoms with van der Waals surface area (Å²) in [6.45, 7) is 1.02. The Kier molecular flexibility index (Phi) is 3.43. The average Bonchev–Trinajstić information content (AvgIpc) is 3.02. The van der Waals surface area contributed by atoms with Crippen LogP contribution in [0, 0.1) is 0 Å². The number of aromatic carboxylic acids is 1. The minimum absolute atomic E-state index is 0.255. The Labute approximate surface area is 116 Å². The molecule has 2 aromatic rings. The first kappa shape index (κ1) is 12.7. The third-order valence-electron chi connectivity index (χ3n) is 3.49. The van der Waals surface area contributed by atoms with Crippen LogP contribution in [0.3, 0.4) is 0 Å². The number of hydrogen-bond donors (Lipinski definition) is 2. The third-order valence-corrected chi connectivity index (χ3v) is 3.49. The molecule has 0 aliphatic carbocycles. The first-order valence-corrected chi connectivity index (χ1v) is 6.63. The maximum Gasteiger partial charge on any atom is 0.335 e. The molecule has 0 bridgehead atoms. The zero-order chi connectivity index (χ0) is 13.9. The van der Waals surface area contributed by atoms with Crippen LogP contribution in [0.1, 0.15) is 34.9 Å². The van der Waals surface area contributed by atoms with Crippen LogP contribution < -0.4 is 5.32 Å². The lowest BCUT2D eigenvalue weighted by atomic mass is 10.1. The molecule has 0 spiro atoms. The molecule has 1 aliphatic rings. The molecule has 102 valence electrons. The summed E-state index contributed by atoms with van der Waals surface area (Å²) < 4.78 is 0. The van der Waals surface area contributed by atoms with Crippen LogP contribution >= 0.6 is 0 Å². The largest absolute Gasteiger partial charge is 0.478 e. The van der Waals surface area contributed by atoms with E-state index in [-0.39, 0.29) is 5.56 Å². The van der Waals surface area contributed by atoms with E-state index in [0.29, 0.717) is 11.7 Å². The molecule has 5 heteroatoms. The maximum atomic E-state index is 11.0. The molecule has 1 atom stereocenters. The van der Waals surface area contributed by atoms with E-state index in [2.05, 4.69) is 15.3 Å². The topological polar surface area (TPSA) is 75.1 Å². The van der Waals surface area contributed by atoms with E-state index < -0.39 is 5.97 Å². The highest BCUT2D eigenvalue weighted by atomic mass is 16.4. The molecule has 3 rings (SSSR count). The molecular weight excluding hydrogens is 254 g/mol. The molecule has 2 N–H and O–H groups in total. The van der Waals surface area contributed by atoms with Gasteiger partial charge in [0.2, 0.25) is 0 Å². The first-order valence-electron chi connectivity index (χ1n) is 6.63. The zero-order valence-corrected chi connectivity index (χ0v) is 10.9. The molecule has 1 aromatic heterocycles. The Hall–Kier alpha value is -2.27. The molecule has 1 aliphatic heterocycles. The predicted octanol–water partition coefficient (Wildman–Crippen LogP) is 2.27. The zero-order valence-electron chi connectivity index (χ0n) is 10.9. The number of hydrogen-bond acceptors (Lipinski definition) is 4. The summed E-state index contributed by atoms with van der Waals surface area (Å²) in [5.74, 6) is -0.938. The van der Waals surface area contributed by atoms with Crippen molar-refractivity contribution in [3.8, 4) is 11.3 Å². The van der Waals surface area contributed by atoms with Crippen LogP contribution in [0.25, 0.3) is 11.3 Å². The van der Waals surface area contributed by atoms with Gasteiger partial charge in [-0.2, -0.15) is 0 Å². The fourth-order valence-corrected chi connectivity index (χ4v) is 2.42. The molecule has 0 unspecified atom stereocenters. The summed E-state index contributed by atoms with van der Waals surface area (Å²) in [7, 11) is 0. The number of carboxylic acid groups (broad SMARTS) is 1. The molecule has 5 nitrogen and oxygen atoms in total. The summed E-state index contributed by atoms with van der Waals surface area (Å²) in [5.41, 5.74) is 2.66. The fourth-order valence-electron chi connectivity index (χ4n) is 2.42. The SMILES string of the molecule is O=C(O)c1cccc(-c2cnc([C@H]3CCCN3)cn2)c1. The van der Waals surface area contributed by atoms with Gasteiger partial charge in [-0.1, -0.05) is 12.1 Å². The number of aromatic nitrogens is 2. The highest BCUT2D eigenvalue weighted by Crippen LogP contribution is 2.23. The van der Waals surface area contributed by atoms with Crippen molar-refractivity contribution >= 4 is 5.97 Å². The molecule has 20 heavy (non-hydrogen) atoms. The number of benzene rings is 1. The number of carboxylic acids is 1. The van der Waals surface area contributed by atoms with E-state index in [0.717, 1.165) is 30.6 Å². The Balaban J connectivity index is 1.87. The second-order valence-electron chi connectivity index (χ2n) is 4.86. The van der Waals surface area contributed by atoms with Crippen LogP contribution in [-0.2, 0) is 0 Å². The van der Waals surface area contributed by atoms with Crippen molar-refractivity contribution in [1.29, 1.82) is 0 Å². The van der Waals surface area contributed by atoms with E-state index in [4.69, 9.17) is 5.11 Å². The Morgan fingerprint density at radius 1 is 1.30 bits per heavy atom. The van der Waals surface area contributed by atoms with Crippen molar-refractivity contribution in [2.24, 2.45) is 0 Å². The molecular formula is C15H15N3O2. The molecule has 1 saturated heterocycles. The van der Waals surface area contributed by atoms with Gasteiger partial charge in [0.25, 0.3) is 0 Å². The van der Waals surface area contributed by atoms with Gasteiger partial charge in [-0.25, -0.2) is 4.79 Å². The second-order valence-corrected chi connectivity index (χ2v) is 4.86. The van der Waals surface area contributed by atoms with E-state index in [9.17, 15) is 4.79 Å². The van der Waals surface area contributed by atoms with E-state index in [1.807, 2.05) is 6.07 Å². The van der Waals surface area contributed by atoms with E-state index in [1.165, 1.54) is 0 Å². The van der Waals surface area contributed by atoms with Gasteiger partial charge in [0.1, 0.15) is 0 Å². The highest BCUT2D eigenvalue weighted by molar-refractivity contribution is 5.89. The van der Waals surface area contributed by atoms with Gasteiger partial charge in [0.05, 0.1) is 35.4 Å². The van der Waals surface area contributed by atoms with Crippen molar-refractivity contribution in [1.82, 2.24) is 15.3 Å². The molecule has 0 radical (unpaired) electrons. The van der Waals surface area contributed by atoms with E-state index >= 15 is 0 Å². The van der Waals surface area contributed by atoms with Gasteiger partial charge >= 0.3 is 5.97 Å². The Morgan fingerprint density at radius 2 is 2.20 bits per heavy atom. The number of carbonyl (C=O) groups is 1. The molecule has 2 heterocycles. The first-order chi connectivity index (χ1) is 9.74. The Morgan fingerprint density at radius 3 is 2.85 bits per heavy atom. The van der Waals surface area contributed by atoms with Crippen molar-refractivity contribution in [3.63, 3.8) is 0 Å². The maximum absolute atomic E-state index is 11.0. The Bertz CT molecular complexity index is 619. The fraction of sp³-hybridized carbons (Fsp3) is 0.267. The molecule has 1 fully saturated rings. The number of nitrogens with zero attached hydrogens (tertiary/aromatic N) is 2. The van der Waals surface area contributed by atoms with Crippen LogP contribution in [0.2, 0.25) is 0 Å². The van der Waals surface area contributed by atoms with Gasteiger partial charge in [0.15, 0.2) is 0 Å². The van der Waals surface area contributed by atoms with Crippen molar-refractivity contribution in [2.75, 3.05) is 6.54 Å². The smallest absolute Gasteiger partial charge is 0.335 e. The van der Waals surface area contributed by atoms with Crippen molar-refractivity contribution < 1.29 is 9.90 Å². The minimum Gasteiger partial charge on any atom is -0.478 e. The predicted molar refractivity (Wildman–Crippen MR) is 74.4 cm³/mol. The monoisotopic (exact) mass is 269 g/mol. The van der Waals surface area contributed by atoms with E-state index in [1.54, 1.807) is 30.6 Å². The van der Waals surface area contributed by atoms with Gasteiger partial charge in [-0.05, 0) is 31.5 Å². The summed E-state index contributed by atoms with van der Waals surface area (Å²) in [5, 5.41) is 12.4. The highest BCUT2D eigenvalue weighted by Gasteiger charge is 2.17. The van der Waals surface area contributed by atoms with Crippen LogP contribution in [0.15, 0.2) is 36.7 Å². The summed E-state index contributed by atoms with van der Waals surface area (Å²) in [6, 6.07) is 7.02. The van der Waals surface area contributed by atoms with Gasteiger partial charge in [0, 0.05) is 5.56 Å². The lowest BCUT2D eigenvalue weighted by molar-refractivity contribution is 0.0697. The van der Waals surface area contributed by atoms with Crippen molar-refractivity contribution in [3.05, 3.63) is 47.9 Å². The number of rotatable bonds is 3. The molecule has 0 saturated carbocycles. The number of nitrogens with one attached hydrogen (secondary N) is 1. The standard InChI is InChI=1S/C15H15N3O2/c19-15(20)11-4-1-3-10(7-11)13-8-18-14(9-17-13)12-5-2-6-16-12/h1,3-4,7-9,12,16H,2,5-6H2,(H,19,20)/t12-/m1/s1. The minimum atomic E-state index is -0.938. The summed E-state index contributed by atoms with van der Waals surface area (Å²) >= 11 is 0. The van der Waals surface area contributed by atoms with Gasteiger partial charge < -0.3 is 10.4 Å². The molecule has 1 aromatic carbocycles. The van der Waals surface area contributed by atoms with Crippen molar-refractivity contribution in [2.45, 2.75) is 18.9 Å². The second kappa shape index (κ2) is 5.38. The van der Waals surface area contributed by atoms with Crippen LogP contribution in [0.5, 0.6) is 0 Å². The normalized spacial score (nSPS) is 18.1. The van der Waals surface area contributed by atoms with Crippen LogP contribution in [0.4, 0.5) is 0 Å². The van der Waals surface area contributed by atoms with Gasteiger partial charge in [-0.3, -0.25) is 9.97 Å². The third kappa shape index (κ3) is 2.53. The lowest BCUT2D eigenvalue weighted by Crippen LogP contribution is -2.14. The lowest BCUT2D eigenvalue weighted by Gasteiger charge is -2.09. The summed E-state index contributed by atoms with van der Waals surface area (Å²) in [4.78, 5) is 19.8. The average molecular weight is 269 g/mol. The quantitative estimate of drug-likeness (QED) is 0.894.